The molecular weight excluding hydrogens is 324 g/mol. The lowest BCUT2D eigenvalue weighted by atomic mass is 10.1. The molecule has 0 heterocycles. The molecule has 2 amide bonds. The second kappa shape index (κ2) is 9.05. The Morgan fingerprint density at radius 1 is 1.12 bits per heavy atom. The zero-order chi connectivity index (χ0) is 19.0. The summed E-state index contributed by atoms with van der Waals surface area (Å²) in [6, 6.07) is 8.79. The van der Waals surface area contributed by atoms with E-state index in [4.69, 9.17) is 9.47 Å². The lowest BCUT2D eigenvalue weighted by Gasteiger charge is -2.21. The van der Waals surface area contributed by atoms with Crippen LogP contribution in [0.2, 0.25) is 0 Å². The van der Waals surface area contributed by atoms with Crippen molar-refractivity contribution in [3.05, 3.63) is 35.9 Å². The van der Waals surface area contributed by atoms with E-state index < -0.39 is 23.8 Å². The Morgan fingerprint density at radius 3 is 2.24 bits per heavy atom. The number of alkyl carbamates (subject to hydrolysis) is 1. The van der Waals surface area contributed by atoms with E-state index in [1.54, 1.807) is 59.1 Å². The van der Waals surface area contributed by atoms with Gasteiger partial charge in [0, 0.05) is 26.2 Å². The van der Waals surface area contributed by atoms with Crippen LogP contribution in [0.4, 0.5) is 4.79 Å². The van der Waals surface area contributed by atoms with Gasteiger partial charge in [-0.25, -0.2) is 4.79 Å². The van der Waals surface area contributed by atoms with Gasteiger partial charge in [-0.3, -0.25) is 9.59 Å². The molecule has 1 aromatic carbocycles. The van der Waals surface area contributed by atoms with Crippen molar-refractivity contribution in [2.45, 2.75) is 38.9 Å². The van der Waals surface area contributed by atoms with Gasteiger partial charge < -0.3 is 19.7 Å². The van der Waals surface area contributed by atoms with Gasteiger partial charge in [0.25, 0.3) is 5.91 Å². The molecule has 1 atom stereocenters. The van der Waals surface area contributed by atoms with Crippen LogP contribution in [0.15, 0.2) is 30.3 Å². The Labute approximate surface area is 148 Å². The highest BCUT2D eigenvalue weighted by molar-refractivity contribution is 5.84. The minimum atomic E-state index is -1.01. The molecule has 1 rings (SSSR count). The molecule has 25 heavy (non-hydrogen) atoms. The lowest BCUT2D eigenvalue weighted by molar-refractivity contribution is -0.159. The molecule has 0 aromatic heterocycles. The van der Waals surface area contributed by atoms with Crippen molar-refractivity contribution in [2.24, 2.45) is 0 Å². The predicted molar refractivity (Wildman–Crippen MR) is 92.8 cm³/mol. The molecule has 0 saturated heterocycles. The van der Waals surface area contributed by atoms with Gasteiger partial charge in [0.1, 0.15) is 5.60 Å². The molecule has 0 radical (unpaired) electrons. The van der Waals surface area contributed by atoms with Gasteiger partial charge in [-0.15, -0.1) is 0 Å². The molecule has 1 N–H and O–H groups in total. The number of carbonyl (C=O) groups excluding carboxylic acids is 3. The van der Waals surface area contributed by atoms with Crippen LogP contribution in [0.5, 0.6) is 0 Å². The molecule has 7 heteroatoms. The van der Waals surface area contributed by atoms with E-state index in [1.807, 2.05) is 6.07 Å². The van der Waals surface area contributed by atoms with Crippen LogP contribution in [0.1, 0.15) is 38.9 Å². The van der Waals surface area contributed by atoms with Crippen LogP contribution in [-0.2, 0) is 19.1 Å². The minimum Gasteiger partial charge on any atom is -0.447 e. The molecule has 138 valence electrons. The van der Waals surface area contributed by atoms with Gasteiger partial charge in [0.2, 0.25) is 6.10 Å². The van der Waals surface area contributed by atoms with Gasteiger partial charge >= 0.3 is 12.1 Å². The van der Waals surface area contributed by atoms with Crippen molar-refractivity contribution >= 4 is 18.0 Å². The number of amides is 2. The van der Waals surface area contributed by atoms with Crippen LogP contribution in [0, 0.1) is 0 Å². The van der Waals surface area contributed by atoms with Gasteiger partial charge in [-0.05, 0) is 20.8 Å². The molecule has 1 aromatic rings. The van der Waals surface area contributed by atoms with Gasteiger partial charge in [-0.1, -0.05) is 30.3 Å². The second-order valence-corrected chi connectivity index (χ2v) is 6.69. The number of benzene rings is 1. The van der Waals surface area contributed by atoms with Gasteiger partial charge in [-0.2, -0.15) is 0 Å². The summed E-state index contributed by atoms with van der Waals surface area (Å²) in [6.07, 6.45) is -1.68. The normalized spacial score (nSPS) is 12.0. The third kappa shape index (κ3) is 7.69. The number of rotatable bonds is 6. The van der Waals surface area contributed by atoms with Gasteiger partial charge in [0.15, 0.2) is 0 Å². The fraction of sp³-hybridized carbons (Fsp3) is 0.500. The summed E-state index contributed by atoms with van der Waals surface area (Å²) in [5, 5.41) is 2.48. The highest BCUT2D eigenvalue weighted by Crippen LogP contribution is 2.20. The summed E-state index contributed by atoms with van der Waals surface area (Å²) in [5.41, 5.74) is -0.0177. The minimum absolute atomic E-state index is 0.0609. The third-order valence-electron chi connectivity index (χ3n) is 3.01. The number of carbonyl (C=O) groups is 3. The van der Waals surface area contributed by atoms with Crippen molar-refractivity contribution in [3.63, 3.8) is 0 Å². The maximum absolute atomic E-state index is 12.3. The first-order valence-electron chi connectivity index (χ1n) is 8.02. The molecule has 0 aliphatic carbocycles. The third-order valence-corrected chi connectivity index (χ3v) is 3.01. The van der Waals surface area contributed by atoms with E-state index >= 15 is 0 Å². The monoisotopic (exact) mass is 350 g/mol. The second-order valence-electron chi connectivity index (χ2n) is 6.69. The van der Waals surface area contributed by atoms with E-state index in [-0.39, 0.29) is 18.9 Å². The Hall–Kier alpha value is -2.57. The van der Waals surface area contributed by atoms with Crippen LogP contribution in [0.3, 0.4) is 0 Å². The van der Waals surface area contributed by atoms with E-state index in [1.165, 1.54) is 4.90 Å². The molecular formula is C18H26N2O5. The summed E-state index contributed by atoms with van der Waals surface area (Å²) in [5.74, 6) is -0.917. The van der Waals surface area contributed by atoms with E-state index in [2.05, 4.69) is 5.32 Å². The van der Waals surface area contributed by atoms with Crippen LogP contribution >= 0.6 is 0 Å². The first-order chi connectivity index (χ1) is 11.6. The molecule has 7 nitrogen and oxygen atoms in total. The average molecular weight is 350 g/mol. The van der Waals surface area contributed by atoms with E-state index in [0.29, 0.717) is 5.56 Å². The first kappa shape index (κ1) is 20.5. The Morgan fingerprint density at radius 2 is 1.72 bits per heavy atom. The van der Waals surface area contributed by atoms with E-state index in [9.17, 15) is 14.4 Å². The van der Waals surface area contributed by atoms with Crippen LogP contribution in [-0.4, -0.2) is 49.1 Å². The SMILES string of the molecule is CN(C)C(=O)[C@@H](OC(=O)CCNC(=O)OC(C)(C)C)c1ccccc1. The van der Waals surface area contributed by atoms with Crippen LogP contribution in [0.25, 0.3) is 0 Å². The number of esters is 1. The topological polar surface area (TPSA) is 84.9 Å². The zero-order valence-corrected chi connectivity index (χ0v) is 15.4. The molecule has 0 spiro atoms. The number of nitrogens with one attached hydrogen (secondary N) is 1. The lowest BCUT2D eigenvalue weighted by Crippen LogP contribution is -2.34. The highest BCUT2D eigenvalue weighted by Gasteiger charge is 2.26. The Bertz CT molecular complexity index is 593. The number of ether oxygens (including phenoxy) is 2. The molecule has 0 saturated carbocycles. The number of hydrogen-bond donors (Lipinski definition) is 1. The summed E-state index contributed by atoms with van der Waals surface area (Å²) in [7, 11) is 3.19. The Kier molecular flexibility index (Phi) is 7.42. The average Bonchev–Trinajstić information content (AvgIpc) is 2.51. The van der Waals surface area contributed by atoms with Crippen molar-refractivity contribution < 1.29 is 23.9 Å². The van der Waals surface area contributed by atoms with Gasteiger partial charge in [0.05, 0.1) is 6.42 Å². The van der Waals surface area contributed by atoms with Crippen LogP contribution < -0.4 is 5.32 Å². The van der Waals surface area contributed by atoms with Crippen molar-refractivity contribution in [2.75, 3.05) is 20.6 Å². The summed E-state index contributed by atoms with van der Waals surface area (Å²) in [4.78, 5) is 37.2. The highest BCUT2D eigenvalue weighted by atomic mass is 16.6. The number of likely N-dealkylation sites (N-methyl/N-ethyl adjacent to an activating group) is 1. The number of hydrogen-bond acceptors (Lipinski definition) is 5. The van der Waals surface area contributed by atoms with Crippen molar-refractivity contribution in [1.29, 1.82) is 0 Å². The standard InChI is InChI=1S/C18H26N2O5/c1-18(2,3)25-17(23)19-12-11-14(21)24-15(16(22)20(4)5)13-9-7-6-8-10-13/h6-10,15H,11-12H2,1-5H3,(H,19,23)/t15-/m0/s1. The van der Waals surface area contributed by atoms with E-state index in [0.717, 1.165) is 0 Å². The smallest absolute Gasteiger partial charge is 0.407 e. The Balaban J connectivity index is 2.59. The maximum atomic E-state index is 12.3. The summed E-state index contributed by atoms with van der Waals surface area (Å²) in [6.45, 7) is 5.31. The molecule has 0 aliphatic rings. The van der Waals surface area contributed by atoms with Crippen molar-refractivity contribution in [3.8, 4) is 0 Å². The molecule has 0 aliphatic heterocycles. The predicted octanol–water partition coefficient (Wildman–Crippen LogP) is 2.27. The van der Waals surface area contributed by atoms with Crippen molar-refractivity contribution in [1.82, 2.24) is 10.2 Å². The number of nitrogens with zero attached hydrogens (tertiary/aromatic N) is 1. The maximum Gasteiger partial charge on any atom is 0.407 e. The fourth-order valence-corrected chi connectivity index (χ4v) is 1.89. The quantitative estimate of drug-likeness (QED) is 0.796. The largest absolute Gasteiger partial charge is 0.447 e. The molecule has 0 fully saturated rings. The summed E-state index contributed by atoms with van der Waals surface area (Å²) >= 11 is 0. The summed E-state index contributed by atoms with van der Waals surface area (Å²) < 4.78 is 10.4. The molecule has 0 bridgehead atoms. The molecule has 0 unspecified atom stereocenters. The first-order valence-corrected chi connectivity index (χ1v) is 8.02. The zero-order valence-electron chi connectivity index (χ0n) is 15.4. The fourth-order valence-electron chi connectivity index (χ4n) is 1.89.